The highest BCUT2D eigenvalue weighted by molar-refractivity contribution is 8.04. The Bertz CT molecular complexity index is 209. The second-order valence-electron chi connectivity index (χ2n) is 4.98. The van der Waals surface area contributed by atoms with Crippen molar-refractivity contribution < 1.29 is 0 Å². The van der Waals surface area contributed by atoms with Crippen molar-refractivity contribution in [1.29, 1.82) is 0 Å². The summed E-state index contributed by atoms with van der Waals surface area (Å²) in [6.45, 7) is 11.7. The molecule has 0 N–H and O–H groups in total. The first-order valence-electron chi connectivity index (χ1n) is 4.95. The predicted molar refractivity (Wildman–Crippen MR) is 66.8 cm³/mol. The van der Waals surface area contributed by atoms with E-state index < -0.39 is 7.14 Å². The highest BCUT2D eigenvalue weighted by atomic mass is 31.2. The van der Waals surface area contributed by atoms with Crippen LogP contribution in [0.15, 0.2) is 24.1 Å². The minimum absolute atomic E-state index is 0.659. The van der Waals surface area contributed by atoms with Crippen LogP contribution in [-0.2, 0) is 0 Å². The molecule has 0 aliphatic carbocycles. The minimum Gasteiger partial charge on any atom is -0.175 e. The molecule has 0 radical (unpaired) electrons. The van der Waals surface area contributed by atoms with E-state index in [1.165, 1.54) is 5.92 Å². The maximum atomic E-state index is 2.40. The summed E-state index contributed by atoms with van der Waals surface area (Å²) < 4.78 is 0. The summed E-state index contributed by atoms with van der Waals surface area (Å²) in [6.07, 6.45) is 5.32. The maximum absolute atomic E-state index is 2.40. The average Bonchev–Trinajstić information content (AvgIpc) is 2.03. The van der Waals surface area contributed by atoms with Gasteiger partial charge in [-0.1, -0.05) is 26.9 Å². The molecule has 1 aliphatic heterocycles. The van der Waals surface area contributed by atoms with Crippen molar-refractivity contribution >= 4 is 13.6 Å². The van der Waals surface area contributed by atoms with Gasteiger partial charge in [-0.15, -0.1) is 0 Å². The van der Waals surface area contributed by atoms with Crippen LogP contribution in [0.5, 0.6) is 0 Å². The standard InChI is InChI=1S/C11H20BP/c1-10(2)11-6-8-12(9-7-11)13(3,4)5/h6-10H,1-5H3. The first kappa shape index (κ1) is 10.9. The Labute approximate surface area is 83.9 Å². The topological polar surface area (TPSA) is 0 Å². The van der Waals surface area contributed by atoms with Gasteiger partial charge in [0.1, 0.15) is 0 Å². The third kappa shape index (κ3) is 2.92. The van der Waals surface area contributed by atoms with E-state index in [2.05, 4.69) is 57.9 Å². The molecule has 0 aromatic heterocycles. The van der Waals surface area contributed by atoms with Gasteiger partial charge in [0.15, 0.2) is 0 Å². The highest BCUT2D eigenvalue weighted by Crippen LogP contribution is 2.51. The van der Waals surface area contributed by atoms with Crippen LogP contribution in [0.25, 0.3) is 0 Å². The maximum Gasteiger partial charge on any atom is 0.259 e. The van der Waals surface area contributed by atoms with E-state index in [9.17, 15) is 0 Å². The second-order valence-corrected chi connectivity index (χ2v) is 9.81. The first-order chi connectivity index (χ1) is 5.91. The second kappa shape index (κ2) is 3.92. The third-order valence-corrected chi connectivity index (χ3v) is 4.67. The Morgan fingerprint density at radius 3 is 1.85 bits per heavy atom. The number of rotatable bonds is 2. The van der Waals surface area contributed by atoms with E-state index in [0.29, 0.717) is 12.4 Å². The lowest BCUT2D eigenvalue weighted by molar-refractivity contribution is 0.730. The largest absolute Gasteiger partial charge is 0.259 e. The summed E-state index contributed by atoms with van der Waals surface area (Å²) in [5, 5.41) is 0. The Balaban J connectivity index is 2.64. The van der Waals surface area contributed by atoms with Crippen LogP contribution in [0.1, 0.15) is 13.8 Å². The van der Waals surface area contributed by atoms with Gasteiger partial charge in [-0.05, 0) is 0 Å². The number of allylic oxidation sites excluding steroid dienone is 2. The van der Waals surface area contributed by atoms with Gasteiger partial charge in [0.05, 0.1) is 0 Å². The number of hydrogen-bond donors (Lipinski definition) is 0. The molecule has 1 heterocycles. The molecular weight excluding hydrogens is 174 g/mol. The van der Waals surface area contributed by atoms with Crippen LogP contribution in [-0.4, -0.2) is 26.4 Å². The molecule has 1 rings (SSSR count). The normalized spacial score (nSPS) is 17.4. The molecule has 0 bridgehead atoms. The molecule has 0 aromatic rings. The van der Waals surface area contributed by atoms with Crippen molar-refractivity contribution in [3.8, 4) is 0 Å². The lowest BCUT2D eigenvalue weighted by atomic mass is 9.69. The summed E-state index contributed by atoms with van der Waals surface area (Å²) in [7, 11) is -0.735. The molecule has 1 aliphatic rings. The zero-order chi connectivity index (χ0) is 10.1. The molecule has 0 fully saturated rings. The monoisotopic (exact) mass is 194 g/mol. The molecule has 72 valence electrons. The summed E-state index contributed by atoms with van der Waals surface area (Å²) >= 11 is 0. The smallest absolute Gasteiger partial charge is 0.175 e. The van der Waals surface area contributed by atoms with Gasteiger partial charge in [-0.2, -0.15) is 30.0 Å². The van der Waals surface area contributed by atoms with Gasteiger partial charge < -0.3 is 0 Å². The van der Waals surface area contributed by atoms with Crippen LogP contribution in [0.4, 0.5) is 0 Å². The van der Waals surface area contributed by atoms with Crippen molar-refractivity contribution in [1.82, 2.24) is 0 Å². The number of hydrogen-bond acceptors (Lipinski definition) is 0. The Hall–Kier alpha value is -0.155. The molecule has 0 amide bonds. The van der Waals surface area contributed by atoms with Crippen LogP contribution in [0.3, 0.4) is 0 Å². The van der Waals surface area contributed by atoms with E-state index in [4.69, 9.17) is 0 Å². The van der Waals surface area contributed by atoms with E-state index in [0.717, 1.165) is 0 Å². The van der Waals surface area contributed by atoms with Crippen LogP contribution in [0.2, 0.25) is 0 Å². The quantitative estimate of drug-likeness (QED) is 0.359. The van der Waals surface area contributed by atoms with Gasteiger partial charge in [-0.25, -0.2) is 0 Å². The van der Waals surface area contributed by atoms with Gasteiger partial charge in [-0.3, -0.25) is 0 Å². The Morgan fingerprint density at radius 2 is 1.54 bits per heavy atom. The molecule has 0 unspecified atom stereocenters. The fraction of sp³-hybridized carbons (Fsp3) is 0.545. The molecule has 0 saturated carbocycles. The molecule has 0 saturated heterocycles. The fourth-order valence-corrected chi connectivity index (χ4v) is 2.65. The summed E-state index contributed by atoms with van der Waals surface area (Å²) in [4.78, 5) is 0. The SMILES string of the molecule is CC(C)[C-]1C=CB([P+](C)(C)C)C=C1. The van der Waals surface area contributed by atoms with Gasteiger partial charge in [0.2, 0.25) is 0 Å². The van der Waals surface area contributed by atoms with Crippen molar-refractivity contribution in [3.05, 3.63) is 30.0 Å². The molecule has 13 heavy (non-hydrogen) atoms. The van der Waals surface area contributed by atoms with Gasteiger partial charge in [0.25, 0.3) is 6.43 Å². The summed E-state index contributed by atoms with van der Waals surface area (Å²) in [6, 6.07) is 0. The summed E-state index contributed by atoms with van der Waals surface area (Å²) in [5.41, 5.74) is 0. The van der Waals surface area contributed by atoms with Crippen molar-refractivity contribution in [2.24, 2.45) is 5.92 Å². The summed E-state index contributed by atoms with van der Waals surface area (Å²) in [5.74, 6) is 6.88. The average molecular weight is 194 g/mol. The van der Waals surface area contributed by atoms with Gasteiger partial charge >= 0.3 is 0 Å². The zero-order valence-corrected chi connectivity index (χ0v) is 10.3. The zero-order valence-electron chi connectivity index (χ0n) is 9.41. The van der Waals surface area contributed by atoms with Gasteiger partial charge in [0, 0.05) is 20.0 Å². The van der Waals surface area contributed by atoms with Crippen LogP contribution in [0, 0.1) is 11.8 Å². The molecule has 0 atom stereocenters. The third-order valence-electron chi connectivity index (χ3n) is 2.53. The Morgan fingerprint density at radius 1 is 1.08 bits per heavy atom. The Kier molecular flexibility index (Phi) is 3.30. The molecular formula is C11H20BP. The van der Waals surface area contributed by atoms with E-state index in [1.807, 2.05) is 0 Å². The van der Waals surface area contributed by atoms with Crippen LogP contribution < -0.4 is 0 Å². The van der Waals surface area contributed by atoms with E-state index >= 15 is 0 Å². The van der Waals surface area contributed by atoms with Crippen molar-refractivity contribution in [3.63, 3.8) is 0 Å². The van der Waals surface area contributed by atoms with Crippen molar-refractivity contribution in [2.45, 2.75) is 13.8 Å². The lowest BCUT2D eigenvalue weighted by Gasteiger charge is -2.29. The minimum atomic E-state index is -0.735. The van der Waals surface area contributed by atoms with Crippen molar-refractivity contribution in [2.75, 3.05) is 20.0 Å². The first-order valence-corrected chi connectivity index (χ1v) is 8.15. The predicted octanol–water partition coefficient (Wildman–Crippen LogP) is 3.32. The van der Waals surface area contributed by atoms with E-state index in [-0.39, 0.29) is 0 Å². The molecule has 0 nitrogen and oxygen atoms in total. The highest BCUT2D eigenvalue weighted by Gasteiger charge is 2.27. The van der Waals surface area contributed by atoms with E-state index in [1.54, 1.807) is 0 Å². The lowest BCUT2D eigenvalue weighted by Crippen LogP contribution is -2.16. The molecule has 2 heteroatoms. The molecule has 0 spiro atoms. The van der Waals surface area contributed by atoms with Crippen LogP contribution >= 0.6 is 7.14 Å². The molecule has 0 aromatic carbocycles. The fourth-order valence-electron chi connectivity index (χ4n) is 1.44.